The smallest absolute Gasteiger partial charge is 0.0979 e. The molecule has 1 saturated carbocycles. The molecule has 1 heterocycles. The van der Waals surface area contributed by atoms with E-state index in [4.69, 9.17) is 9.47 Å². The van der Waals surface area contributed by atoms with Gasteiger partial charge in [0.2, 0.25) is 0 Å². The molecule has 0 spiro atoms. The van der Waals surface area contributed by atoms with Crippen LogP contribution in [-0.2, 0) is 9.47 Å². The Kier molecular flexibility index (Phi) is 3.61. The quantitative estimate of drug-likeness (QED) is 0.692. The lowest BCUT2D eigenvalue weighted by molar-refractivity contribution is -0.0405. The van der Waals surface area contributed by atoms with Gasteiger partial charge in [0.15, 0.2) is 0 Å². The van der Waals surface area contributed by atoms with Gasteiger partial charge in [0.1, 0.15) is 0 Å². The molecule has 0 aromatic rings. The summed E-state index contributed by atoms with van der Waals surface area (Å²) in [5.41, 5.74) is -0.380. The van der Waals surface area contributed by atoms with E-state index >= 15 is 0 Å². The van der Waals surface area contributed by atoms with Crippen LogP contribution in [-0.4, -0.2) is 49.7 Å². The first-order valence-corrected chi connectivity index (χ1v) is 5.80. The van der Waals surface area contributed by atoms with Crippen LogP contribution in [0, 0.1) is 0 Å². The molecule has 1 aliphatic carbocycles. The average molecular weight is 215 g/mol. The largest absolute Gasteiger partial charge is 0.390 e. The summed E-state index contributed by atoms with van der Waals surface area (Å²) in [5.74, 6) is 0. The first kappa shape index (κ1) is 11.3. The summed E-state index contributed by atoms with van der Waals surface area (Å²) >= 11 is 0. The third-order valence-corrected chi connectivity index (χ3v) is 3.61. The van der Waals surface area contributed by atoms with Gasteiger partial charge in [-0.25, -0.2) is 0 Å². The molecule has 15 heavy (non-hydrogen) atoms. The van der Waals surface area contributed by atoms with Crippen molar-refractivity contribution in [2.75, 3.05) is 26.9 Å². The van der Waals surface area contributed by atoms with Gasteiger partial charge in [0.05, 0.1) is 31.0 Å². The maximum Gasteiger partial charge on any atom is 0.0979 e. The summed E-state index contributed by atoms with van der Waals surface area (Å²) in [5, 5.41) is 13.3. The highest BCUT2D eigenvalue weighted by Crippen LogP contribution is 2.34. The minimum absolute atomic E-state index is 0.168. The summed E-state index contributed by atoms with van der Waals surface area (Å²) in [6, 6.07) is 0.290. The highest BCUT2D eigenvalue weighted by Gasteiger charge is 2.34. The van der Waals surface area contributed by atoms with Gasteiger partial charge >= 0.3 is 0 Å². The Morgan fingerprint density at radius 1 is 1.47 bits per heavy atom. The van der Waals surface area contributed by atoms with Gasteiger partial charge in [-0.15, -0.1) is 0 Å². The van der Waals surface area contributed by atoms with Crippen LogP contribution in [0.5, 0.6) is 0 Å². The minimum atomic E-state index is -0.380. The van der Waals surface area contributed by atoms with Crippen LogP contribution >= 0.6 is 0 Å². The Hall–Kier alpha value is -0.160. The molecule has 2 fully saturated rings. The molecule has 0 aromatic heterocycles. The highest BCUT2D eigenvalue weighted by molar-refractivity contribution is 4.89. The van der Waals surface area contributed by atoms with Gasteiger partial charge in [-0.1, -0.05) is 0 Å². The molecule has 1 aliphatic heterocycles. The van der Waals surface area contributed by atoms with E-state index in [0.29, 0.717) is 12.6 Å². The van der Waals surface area contributed by atoms with Gasteiger partial charge < -0.3 is 19.9 Å². The monoisotopic (exact) mass is 215 g/mol. The minimum Gasteiger partial charge on any atom is -0.390 e. The maximum atomic E-state index is 9.90. The number of rotatable bonds is 5. The first-order valence-electron chi connectivity index (χ1n) is 5.80. The van der Waals surface area contributed by atoms with E-state index in [2.05, 4.69) is 5.32 Å². The second kappa shape index (κ2) is 4.78. The number of ether oxygens (including phenoxy) is 2. The third-order valence-electron chi connectivity index (χ3n) is 3.61. The van der Waals surface area contributed by atoms with Gasteiger partial charge in [-0.2, -0.15) is 0 Å². The van der Waals surface area contributed by atoms with Crippen LogP contribution in [0.3, 0.4) is 0 Å². The molecule has 88 valence electrons. The molecule has 0 amide bonds. The normalized spacial score (nSPS) is 34.0. The van der Waals surface area contributed by atoms with Gasteiger partial charge in [0.25, 0.3) is 0 Å². The molecule has 2 rings (SSSR count). The van der Waals surface area contributed by atoms with Crippen molar-refractivity contribution in [3.8, 4) is 0 Å². The van der Waals surface area contributed by atoms with Crippen molar-refractivity contribution >= 4 is 0 Å². The van der Waals surface area contributed by atoms with E-state index in [1.165, 1.54) is 6.42 Å². The lowest BCUT2D eigenvalue weighted by atomic mass is 9.78. The van der Waals surface area contributed by atoms with Gasteiger partial charge in [0, 0.05) is 7.11 Å². The number of nitrogens with one attached hydrogen (secondary N) is 1. The predicted octanol–water partition coefficient (Wildman–Crippen LogP) is 0.295. The Bertz CT molecular complexity index is 206. The zero-order chi connectivity index (χ0) is 10.7. The average Bonchev–Trinajstić information content (AvgIpc) is 2.63. The van der Waals surface area contributed by atoms with Crippen LogP contribution in [0.2, 0.25) is 0 Å². The molecule has 4 heteroatoms. The fraction of sp³-hybridized carbons (Fsp3) is 1.00. The zero-order valence-electron chi connectivity index (χ0n) is 9.37. The molecule has 2 atom stereocenters. The summed E-state index contributed by atoms with van der Waals surface area (Å²) in [7, 11) is 1.72. The van der Waals surface area contributed by atoms with E-state index in [-0.39, 0.29) is 11.7 Å². The Balaban J connectivity index is 1.64. The van der Waals surface area contributed by atoms with Crippen molar-refractivity contribution in [2.24, 2.45) is 0 Å². The van der Waals surface area contributed by atoms with E-state index in [1.54, 1.807) is 7.11 Å². The van der Waals surface area contributed by atoms with Gasteiger partial charge in [-0.3, -0.25) is 0 Å². The Morgan fingerprint density at radius 2 is 2.27 bits per heavy atom. The molecule has 0 bridgehead atoms. The lowest BCUT2D eigenvalue weighted by Crippen LogP contribution is -2.45. The fourth-order valence-corrected chi connectivity index (χ4v) is 2.28. The number of methoxy groups -OCH3 is 1. The molecule has 2 aliphatic rings. The number of aliphatic hydroxyl groups is 1. The molecule has 2 N–H and O–H groups in total. The summed E-state index contributed by atoms with van der Waals surface area (Å²) in [4.78, 5) is 0. The van der Waals surface area contributed by atoms with E-state index in [9.17, 15) is 5.11 Å². The second-order valence-corrected chi connectivity index (χ2v) is 4.70. The van der Waals surface area contributed by atoms with Crippen molar-refractivity contribution in [1.29, 1.82) is 0 Å². The molecular weight excluding hydrogens is 194 g/mol. The van der Waals surface area contributed by atoms with E-state index in [0.717, 1.165) is 32.4 Å². The highest BCUT2D eigenvalue weighted by atomic mass is 16.5. The Labute approximate surface area is 90.9 Å². The van der Waals surface area contributed by atoms with Crippen LogP contribution in [0.15, 0.2) is 0 Å². The summed E-state index contributed by atoms with van der Waals surface area (Å²) in [6.07, 6.45) is 4.11. The molecule has 1 saturated heterocycles. The molecular formula is C11H21NO3. The van der Waals surface area contributed by atoms with Crippen LogP contribution in [0.25, 0.3) is 0 Å². The zero-order valence-corrected chi connectivity index (χ0v) is 9.37. The lowest BCUT2D eigenvalue weighted by Gasteiger charge is -2.37. The topological polar surface area (TPSA) is 50.7 Å². The Morgan fingerprint density at radius 3 is 2.87 bits per heavy atom. The van der Waals surface area contributed by atoms with Crippen LogP contribution < -0.4 is 5.32 Å². The van der Waals surface area contributed by atoms with E-state index < -0.39 is 0 Å². The maximum absolute atomic E-state index is 9.90. The molecule has 0 unspecified atom stereocenters. The molecule has 0 radical (unpaired) electrons. The molecule has 0 aromatic carbocycles. The third kappa shape index (κ3) is 2.69. The predicted molar refractivity (Wildman–Crippen MR) is 56.8 cm³/mol. The first-order chi connectivity index (χ1) is 7.23. The number of hydrogen-bond donors (Lipinski definition) is 2. The number of hydrogen-bond acceptors (Lipinski definition) is 4. The van der Waals surface area contributed by atoms with Gasteiger partial charge in [-0.05, 0) is 32.2 Å². The van der Waals surface area contributed by atoms with Crippen LogP contribution in [0.1, 0.15) is 25.7 Å². The van der Waals surface area contributed by atoms with Crippen LogP contribution in [0.4, 0.5) is 0 Å². The van der Waals surface area contributed by atoms with Crippen molar-refractivity contribution in [1.82, 2.24) is 5.32 Å². The SMILES string of the molecule is CO[C@@H]1COC[C@@H]1NCCC1(O)CCC1. The van der Waals surface area contributed by atoms with Crippen molar-refractivity contribution in [3.05, 3.63) is 0 Å². The van der Waals surface area contributed by atoms with Crippen molar-refractivity contribution in [3.63, 3.8) is 0 Å². The van der Waals surface area contributed by atoms with E-state index in [1.807, 2.05) is 0 Å². The van der Waals surface area contributed by atoms with Crippen molar-refractivity contribution < 1.29 is 14.6 Å². The van der Waals surface area contributed by atoms with Crippen molar-refractivity contribution in [2.45, 2.75) is 43.4 Å². The standard InChI is InChI=1S/C11H21NO3/c1-14-10-8-15-7-9(10)12-6-5-11(13)3-2-4-11/h9-10,12-13H,2-8H2,1H3/t9-,10+/m0/s1. The second-order valence-electron chi connectivity index (χ2n) is 4.70. The summed E-state index contributed by atoms with van der Waals surface area (Å²) in [6.45, 7) is 2.25. The summed E-state index contributed by atoms with van der Waals surface area (Å²) < 4.78 is 10.6. The fourth-order valence-electron chi connectivity index (χ4n) is 2.28. The molecule has 4 nitrogen and oxygen atoms in total.